The Hall–Kier alpha value is -2.58. The van der Waals surface area contributed by atoms with Gasteiger partial charge in [-0.25, -0.2) is 8.42 Å². The molecule has 0 spiro atoms. The third-order valence-electron chi connectivity index (χ3n) is 6.07. The molecule has 0 bridgehead atoms. The van der Waals surface area contributed by atoms with Crippen LogP contribution in [-0.4, -0.2) is 52.0 Å². The SMILES string of the molecule is COc1ccc(C(=O)N2c3ccc(S(=O)(=O)N4CCCCC4)cc3C[C@@H]2C)cc1OC. The molecule has 166 valence electrons. The molecule has 8 heteroatoms. The molecule has 2 heterocycles. The zero-order valence-corrected chi connectivity index (χ0v) is 18.9. The van der Waals surface area contributed by atoms with Crippen LogP contribution < -0.4 is 14.4 Å². The number of methoxy groups -OCH3 is 2. The van der Waals surface area contributed by atoms with Gasteiger partial charge < -0.3 is 14.4 Å². The van der Waals surface area contributed by atoms with E-state index in [1.165, 1.54) is 7.11 Å². The maximum Gasteiger partial charge on any atom is 0.258 e. The Morgan fingerprint density at radius 2 is 1.68 bits per heavy atom. The number of hydrogen-bond donors (Lipinski definition) is 0. The molecule has 0 N–H and O–H groups in total. The Morgan fingerprint density at radius 3 is 2.35 bits per heavy atom. The number of ether oxygens (including phenoxy) is 2. The minimum atomic E-state index is -3.51. The van der Waals surface area contributed by atoms with Crippen molar-refractivity contribution in [2.75, 3.05) is 32.2 Å². The predicted molar refractivity (Wildman–Crippen MR) is 119 cm³/mol. The first-order chi connectivity index (χ1) is 14.9. The third kappa shape index (κ3) is 3.90. The summed E-state index contributed by atoms with van der Waals surface area (Å²) in [5, 5.41) is 0. The van der Waals surface area contributed by atoms with E-state index in [0.29, 0.717) is 41.5 Å². The summed E-state index contributed by atoms with van der Waals surface area (Å²) >= 11 is 0. The van der Waals surface area contributed by atoms with Gasteiger partial charge in [0, 0.05) is 30.4 Å². The molecule has 0 aromatic heterocycles. The zero-order chi connectivity index (χ0) is 22.2. The highest BCUT2D eigenvalue weighted by molar-refractivity contribution is 7.89. The third-order valence-corrected chi connectivity index (χ3v) is 7.96. The van der Waals surface area contributed by atoms with E-state index in [-0.39, 0.29) is 11.9 Å². The van der Waals surface area contributed by atoms with Gasteiger partial charge in [0.1, 0.15) is 0 Å². The molecule has 1 fully saturated rings. The molecule has 0 radical (unpaired) electrons. The molecule has 2 aliphatic heterocycles. The lowest BCUT2D eigenvalue weighted by atomic mass is 10.1. The van der Waals surface area contributed by atoms with E-state index >= 15 is 0 Å². The Bertz CT molecular complexity index is 1090. The number of fused-ring (bicyclic) bond motifs is 1. The average molecular weight is 445 g/mol. The monoisotopic (exact) mass is 444 g/mol. The summed E-state index contributed by atoms with van der Waals surface area (Å²) in [5.74, 6) is 0.892. The van der Waals surface area contributed by atoms with Crippen molar-refractivity contribution in [3.8, 4) is 11.5 Å². The fraction of sp³-hybridized carbons (Fsp3) is 0.435. The Morgan fingerprint density at radius 1 is 0.968 bits per heavy atom. The first-order valence-electron chi connectivity index (χ1n) is 10.6. The Balaban J connectivity index is 1.64. The van der Waals surface area contributed by atoms with Gasteiger partial charge in [0.25, 0.3) is 5.91 Å². The lowest BCUT2D eigenvalue weighted by Crippen LogP contribution is -2.36. The normalized spacial score (nSPS) is 19.2. The van der Waals surface area contributed by atoms with Crippen molar-refractivity contribution in [3.63, 3.8) is 0 Å². The molecule has 4 rings (SSSR count). The molecule has 0 saturated carbocycles. The molecular weight excluding hydrogens is 416 g/mol. The van der Waals surface area contributed by atoms with Crippen LogP contribution >= 0.6 is 0 Å². The number of carbonyl (C=O) groups excluding carboxylic acids is 1. The largest absolute Gasteiger partial charge is 0.493 e. The summed E-state index contributed by atoms with van der Waals surface area (Å²) in [6, 6.07) is 10.1. The van der Waals surface area contributed by atoms with Gasteiger partial charge in [0.05, 0.1) is 19.1 Å². The van der Waals surface area contributed by atoms with Crippen molar-refractivity contribution in [1.29, 1.82) is 0 Å². The summed E-state index contributed by atoms with van der Waals surface area (Å²) in [6.45, 7) is 3.11. The second-order valence-corrected chi connectivity index (χ2v) is 9.99. The van der Waals surface area contributed by atoms with Gasteiger partial charge in [-0.3, -0.25) is 4.79 Å². The minimum Gasteiger partial charge on any atom is -0.493 e. The Labute approximate surface area is 183 Å². The maximum atomic E-state index is 13.3. The van der Waals surface area contributed by atoms with Crippen molar-refractivity contribution >= 4 is 21.6 Å². The summed E-state index contributed by atoms with van der Waals surface area (Å²) in [4.78, 5) is 15.4. The zero-order valence-electron chi connectivity index (χ0n) is 18.1. The number of hydrogen-bond acceptors (Lipinski definition) is 5. The number of piperidine rings is 1. The highest BCUT2D eigenvalue weighted by atomic mass is 32.2. The highest BCUT2D eigenvalue weighted by Crippen LogP contribution is 2.37. The summed E-state index contributed by atoms with van der Waals surface area (Å²) in [6.07, 6.45) is 3.47. The minimum absolute atomic E-state index is 0.0801. The quantitative estimate of drug-likeness (QED) is 0.706. The molecule has 1 amide bonds. The molecule has 31 heavy (non-hydrogen) atoms. The van der Waals surface area contributed by atoms with Crippen LogP contribution in [0.4, 0.5) is 5.69 Å². The van der Waals surface area contributed by atoms with E-state index in [9.17, 15) is 13.2 Å². The van der Waals surface area contributed by atoms with Crippen LogP contribution in [0.2, 0.25) is 0 Å². The summed E-state index contributed by atoms with van der Waals surface area (Å²) in [7, 11) is -0.427. The van der Waals surface area contributed by atoms with Gasteiger partial charge in [-0.1, -0.05) is 6.42 Å². The van der Waals surface area contributed by atoms with E-state index in [1.807, 2.05) is 6.92 Å². The number of benzene rings is 2. The van der Waals surface area contributed by atoms with Crippen LogP contribution in [-0.2, 0) is 16.4 Å². The number of nitrogens with zero attached hydrogens (tertiary/aromatic N) is 2. The molecule has 2 aliphatic rings. The van der Waals surface area contributed by atoms with Crippen LogP contribution in [0.15, 0.2) is 41.3 Å². The molecule has 1 atom stereocenters. The van der Waals surface area contributed by atoms with Gasteiger partial charge in [-0.15, -0.1) is 0 Å². The first-order valence-corrected chi connectivity index (χ1v) is 12.0. The second kappa shape index (κ2) is 8.51. The molecule has 0 aliphatic carbocycles. The molecule has 7 nitrogen and oxygen atoms in total. The van der Waals surface area contributed by atoms with Crippen LogP contribution in [0.3, 0.4) is 0 Å². The topological polar surface area (TPSA) is 76.2 Å². The van der Waals surface area contributed by atoms with Crippen LogP contribution in [0, 0.1) is 0 Å². The molecule has 0 unspecified atom stereocenters. The van der Waals surface area contributed by atoms with E-state index in [1.54, 1.807) is 52.7 Å². The van der Waals surface area contributed by atoms with Crippen LogP contribution in [0.25, 0.3) is 0 Å². The van der Waals surface area contributed by atoms with Crippen molar-refractivity contribution in [2.24, 2.45) is 0 Å². The fourth-order valence-electron chi connectivity index (χ4n) is 4.44. The number of rotatable bonds is 5. The van der Waals surface area contributed by atoms with E-state index in [2.05, 4.69) is 0 Å². The van der Waals surface area contributed by atoms with Crippen LogP contribution in [0.1, 0.15) is 42.1 Å². The first kappa shape index (κ1) is 21.6. The van der Waals surface area contributed by atoms with Crippen molar-refractivity contribution < 1.29 is 22.7 Å². The molecule has 2 aromatic carbocycles. The molecule has 2 aromatic rings. The maximum absolute atomic E-state index is 13.3. The van der Waals surface area contributed by atoms with E-state index in [4.69, 9.17) is 9.47 Å². The van der Waals surface area contributed by atoms with E-state index in [0.717, 1.165) is 30.5 Å². The molecule has 1 saturated heterocycles. The summed E-state index contributed by atoms with van der Waals surface area (Å²) in [5.41, 5.74) is 2.12. The smallest absolute Gasteiger partial charge is 0.258 e. The number of anilines is 1. The summed E-state index contributed by atoms with van der Waals surface area (Å²) < 4.78 is 38.3. The van der Waals surface area contributed by atoms with Gasteiger partial charge in [-0.05, 0) is 68.1 Å². The van der Waals surface area contributed by atoms with E-state index < -0.39 is 10.0 Å². The predicted octanol–water partition coefficient (Wildman–Crippen LogP) is 3.47. The average Bonchev–Trinajstić information content (AvgIpc) is 3.13. The van der Waals surface area contributed by atoms with Gasteiger partial charge in [0.15, 0.2) is 11.5 Å². The van der Waals surface area contributed by atoms with Crippen LogP contribution in [0.5, 0.6) is 11.5 Å². The van der Waals surface area contributed by atoms with Crippen molar-refractivity contribution in [1.82, 2.24) is 4.31 Å². The number of sulfonamides is 1. The lowest BCUT2D eigenvalue weighted by Gasteiger charge is -2.26. The van der Waals surface area contributed by atoms with Gasteiger partial charge in [0.2, 0.25) is 10.0 Å². The second-order valence-electron chi connectivity index (χ2n) is 8.05. The standard InChI is InChI=1S/C23H28N2O5S/c1-16-13-18-14-19(31(27,28)24-11-5-4-6-12-24)8-9-20(18)25(16)23(26)17-7-10-21(29-2)22(15-17)30-3/h7-10,14-16H,4-6,11-13H2,1-3H3/t16-/m0/s1. The number of amides is 1. The lowest BCUT2D eigenvalue weighted by molar-refractivity contribution is 0.0981. The van der Waals surface area contributed by atoms with Crippen molar-refractivity contribution in [2.45, 2.75) is 43.5 Å². The van der Waals surface area contributed by atoms with Crippen molar-refractivity contribution in [3.05, 3.63) is 47.5 Å². The van der Waals surface area contributed by atoms with Gasteiger partial charge >= 0.3 is 0 Å². The fourth-order valence-corrected chi connectivity index (χ4v) is 6.01. The van der Waals surface area contributed by atoms with Gasteiger partial charge in [-0.2, -0.15) is 4.31 Å². The molecular formula is C23H28N2O5S. The highest BCUT2D eigenvalue weighted by Gasteiger charge is 2.34. The Kier molecular flexibility index (Phi) is 5.94. The number of carbonyl (C=O) groups is 1.